The predicted molar refractivity (Wildman–Crippen MR) is 55.5 cm³/mol. The van der Waals surface area contributed by atoms with Crippen molar-refractivity contribution in [2.45, 2.75) is 13.0 Å². The van der Waals surface area contributed by atoms with Crippen LogP contribution in [0.2, 0.25) is 0 Å². The summed E-state index contributed by atoms with van der Waals surface area (Å²) in [6, 6.07) is 2.31. The van der Waals surface area contributed by atoms with E-state index in [2.05, 4.69) is 6.58 Å². The van der Waals surface area contributed by atoms with Crippen LogP contribution < -0.4 is 5.73 Å². The van der Waals surface area contributed by atoms with Gasteiger partial charge in [-0.05, 0) is 12.5 Å². The molecule has 0 aliphatic heterocycles. The highest BCUT2D eigenvalue weighted by molar-refractivity contribution is 5.85. The maximum Gasteiger partial charge on any atom is 0.164 e. The number of hydrogen-bond donors (Lipinski definition) is 1. The minimum Gasteiger partial charge on any atom is -0.321 e. The van der Waals surface area contributed by atoms with Crippen LogP contribution in [-0.4, -0.2) is 0 Å². The predicted octanol–water partition coefficient (Wildman–Crippen LogP) is 2.88. The van der Waals surface area contributed by atoms with Gasteiger partial charge in [-0.1, -0.05) is 18.2 Å². The van der Waals surface area contributed by atoms with Crippen LogP contribution in [0.4, 0.5) is 8.78 Å². The van der Waals surface area contributed by atoms with Gasteiger partial charge in [0, 0.05) is 5.56 Å². The Morgan fingerprint density at radius 1 is 1.36 bits per heavy atom. The van der Waals surface area contributed by atoms with Crippen LogP contribution in [0.25, 0.3) is 0 Å². The molecule has 0 fully saturated rings. The molecule has 0 bridgehead atoms. The van der Waals surface area contributed by atoms with E-state index in [0.717, 1.165) is 0 Å². The van der Waals surface area contributed by atoms with Crippen LogP contribution >= 0.6 is 12.4 Å². The summed E-state index contributed by atoms with van der Waals surface area (Å²) < 4.78 is 26.2. The van der Waals surface area contributed by atoms with Crippen LogP contribution in [0, 0.1) is 18.6 Å². The smallest absolute Gasteiger partial charge is 0.164 e. The van der Waals surface area contributed by atoms with Crippen LogP contribution in [0.3, 0.4) is 0 Å². The van der Waals surface area contributed by atoms with Crippen molar-refractivity contribution in [3.63, 3.8) is 0 Å². The highest BCUT2D eigenvalue weighted by Crippen LogP contribution is 2.20. The Balaban J connectivity index is 0.00000169. The van der Waals surface area contributed by atoms with Crippen LogP contribution in [0.1, 0.15) is 17.2 Å². The number of halogens is 3. The van der Waals surface area contributed by atoms with Crippen molar-refractivity contribution >= 4 is 12.4 Å². The highest BCUT2D eigenvalue weighted by atomic mass is 35.5. The largest absolute Gasteiger partial charge is 0.321 e. The zero-order chi connectivity index (χ0) is 10.0. The Hall–Kier alpha value is -0.930. The molecule has 1 rings (SSSR count). The third kappa shape index (κ3) is 2.30. The molecular formula is C10H12ClF2N. The van der Waals surface area contributed by atoms with Gasteiger partial charge in [0.1, 0.15) is 0 Å². The lowest BCUT2D eigenvalue weighted by molar-refractivity contribution is 0.490. The Kier molecular flexibility index (Phi) is 4.74. The van der Waals surface area contributed by atoms with Crippen LogP contribution in [0.5, 0.6) is 0 Å². The lowest BCUT2D eigenvalue weighted by Crippen LogP contribution is -2.10. The molecule has 0 aliphatic rings. The van der Waals surface area contributed by atoms with Gasteiger partial charge < -0.3 is 5.73 Å². The molecule has 2 N–H and O–H groups in total. The van der Waals surface area contributed by atoms with Crippen molar-refractivity contribution < 1.29 is 8.78 Å². The fraction of sp³-hybridized carbons (Fsp3) is 0.200. The van der Waals surface area contributed by atoms with E-state index in [4.69, 9.17) is 5.73 Å². The Labute approximate surface area is 88.0 Å². The van der Waals surface area contributed by atoms with E-state index in [9.17, 15) is 8.78 Å². The first kappa shape index (κ1) is 13.1. The van der Waals surface area contributed by atoms with E-state index in [0.29, 0.717) is 0 Å². The monoisotopic (exact) mass is 219 g/mol. The zero-order valence-electron chi connectivity index (χ0n) is 7.76. The molecule has 0 unspecified atom stereocenters. The molecule has 78 valence electrons. The molecule has 1 aromatic rings. The van der Waals surface area contributed by atoms with Gasteiger partial charge in [-0.25, -0.2) is 8.78 Å². The van der Waals surface area contributed by atoms with E-state index < -0.39 is 17.7 Å². The van der Waals surface area contributed by atoms with Gasteiger partial charge in [0.15, 0.2) is 11.6 Å². The van der Waals surface area contributed by atoms with Gasteiger partial charge in [0.2, 0.25) is 0 Å². The third-order valence-corrected chi connectivity index (χ3v) is 1.92. The first-order valence-electron chi connectivity index (χ1n) is 3.90. The Bertz CT molecular complexity index is 339. The van der Waals surface area contributed by atoms with E-state index >= 15 is 0 Å². The molecule has 0 amide bonds. The first-order valence-corrected chi connectivity index (χ1v) is 3.90. The highest BCUT2D eigenvalue weighted by Gasteiger charge is 2.13. The third-order valence-electron chi connectivity index (χ3n) is 1.92. The fourth-order valence-electron chi connectivity index (χ4n) is 1.05. The molecule has 4 heteroatoms. The second kappa shape index (κ2) is 5.08. The van der Waals surface area contributed by atoms with Crippen molar-refractivity contribution in [2.24, 2.45) is 5.73 Å². The maximum atomic E-state index is 13.2. The number of aryl methyl sites for hydroxylation is 1. The molecular weight excluding hydrogens is 208 g/mol. The molecule has 1 nitrogen and oxygen atoms in total. The standard InChI is InChI=1S/C10H11F2N.ClH/c1-3-8(13)7-5-4-6(2)9(11)10(7)12;/h3-5,8H,1,13H2,2H3;1H/t8-;/m1./s1. The van der Waals surface area contributed by atoms with E-state index in [1.54, 1.807) is 0 Å². The molecule has 0 saturated heterocycles. The lowest BCUT2D eigenvalue weighted by atomic mass is 10.0. The molecule has 0 aromatic heterocycles. The summed E-state index contributed by atoms with van der Waals surface area (Å²) in [5.41, 5.74) is 5.90. The number of rotatable bonds is 2. The molecule has 0 spiro atoms. The molecule has 0 heterocycles. The van der Waals surface area contributed by atoms with E-state index in [1.807, 2.05) is 0 Å². The van der Waals surface area contributed by atoms with Gasteiger partial charge in [0.25, 0.3) is 0 Å². The van der Waals surface area contributed by atoms with E-state index in [1.165, 1.54) is 25.1 Å². The minimum atomic E-state index is -0.882. The van der Waals surface area contributed by atoms with Gasteiger partial charge in [0.05, 0.1) is 6.04 Å². The molecule has 1 aromatic carbocycles. The second-order valence-corrected chi connectivity index (χ2v) is 2.86. The lowest BCUT2D eigenvalue weighted by Gasteiger charge is -2.09. The van der Waals surface area contributed by atoms with Crippen molar-refractivity contribution in [1.82, 2.24) is 0 Å². The molecule has 14 heavy (non-hydrogen) atoms. The van der Waals surface area contributed by atoms with E-state index in [-0.39, 0.29) is 23.5 Å². The Morgan fingerprint density at radius 2 is 1.93 bits per heavy atom. The van der Waals surface area contributed by atoms with Gasteiger partial charge in [-0.3, -0.25) is 0 Å². The molecule has 1 atom stereocenters. The summed E-state index contributed by atoms with van der Waals surface area (Å²) >= 11 is 0. The van der Waals surface area contributed by atoms with Gasteiger partial charge in [-0.15, -0.1) is 19.0 Å². The normalized spacial score (nSPS) is 11.7. The summed E-state index contributed by atoms with van der Waals surface area (Å²) in [7, 11) is 0. The maximum absolute atomic E-state index is 13.2. The number of benzene rings is 1. The summed E-state index contributed by atoms with van der Waals surface area (Å²) in [5, 5.41) is 0. The van der Waals surface area contributed by atoms with Gasteiger partial charge >= 0.3 is 0 Å². The summed E-state index contributed by atoms with van der Waals surface area (Å²) in [4.78, 5) is 0. The molecule has 0 saturated carbocycles. The van der Waals surface area contributed by atoms with Crippen molar-refractivity contribution in [1.29, 1.82) is 0 Å². The zero-order valence-corrected chi connectivity index (χ0v) is 8.57. The SMILES string of the molecule is C=C[C@@H](N)c1ccc(C)c(F)c1F.Cl. The number of nitrogens with two attached hydrogens (primary N) is 1. The average molecular weight is 220 g/mol. The molecule has 0 radical (unpaired) electrons. The molecule has 0 aliphatic carbocycles. The van der Waals surface area contributed by atoms with Gasteiger partial charge in [-0.2, -0.15) is 0 Å². The average Bonchev–Trinajstić information content (AvgIpc) is 2.13. The van der Waals surface area contributed by atoms with Crippen LogP contribution in [-0.2, 0) is 0 Å². The Morgan fingerprint density at radius 3 is 2.43 bits per heavy atom. The topological polar surface area (TPSA) is 26.0 Å². The summed E-state index contributed by atoms with van der Waals surface area (Å²) in [6.07, 6.45) is 1.37. The van der Waals surface area contributed by atoms with Crippen molar-refractivity contribution in [2.75, 3.05) is 0 Å². The van der Waals surface area contributed by atoms with Crippen molar-refractivity contribution in [3.8, 4) is 0 Å². The first-order chi connectivity index (χ1) is 6.07. The fourth-order valence-corrected chi connectivity index (χ4v) is 1.05. The number of hydrogen-bond acceptors (Lipinski definition) is 1. The van der Waals surface area contributed by atoms with Crippen LogP contribution in [0.15, 0.2) is 24.8 Å². The quantitative estimate of drug-likeness (QED) is 0.761. The summed E-state index contributed by atoms with van der Waals surface area (Å²) in [6.45, 7) is 4.92. The summed E-state index contributed by atoms with van der Waals surface area (Å²) in [5.74, 6) is -1.72. The minimum absolute atomic E-state index is 0. The second-order valence-electron chi connectivity index (χ2n) is 2.86. The van der Waals surface area contributed by atoms with Crippen molar-refractivity contribution in [3.05, 3.63) is 47.5 Å².